The van der Waals surface area contributed by atoms with Gasteiger partial charge in [-0.3, -0.25) is 9.89 Å². The van der Waals surface area contributed by atoms with Crippen LogP contribution in [0.2, 0.25) is 0 Å². The van der Waals surface area contributed by atoms with Crippen molar-refractivity contribution < 1.29 is 4.79 Å². The summed E-state index contributed by atoms with van der Waals surface area (Å²) in [7, 11) is 0. The summed E-state index contributed by atoms with van der Waals surface area (Å²) in [5.74, 6) is 0.784. The normalized spacial score (nSPS) is 24.2. The van der Waals surface area contributed by atoms with E-state index in [0.717, 1.165) is 25.2 Å². The van der Waals surface area contributed by atoms with Crippen molar-refractivity contribution in [2.24, 2.45) is 5.92 Å². The van der Waals surface area contributed by atoms with Gasteiger partial charge >= 0.3 is 0 Å². The van der Waals surface area contributed by atoms with Gasteiger partial charge in [0.05, 0.1) is 0 Å². The average Bonchev–Trinajstić information content (AvgIpc) is 2.81. The Kier molecular flexibility index (Phi) is 4.01. The number of H-pyrrole nitrogens is 1. The average molecular weight is 250 g/mol. The summed E-state index contributed by atoms with van der Waals surface area (Å²) in [6, 6.07) is 2.03. The van der Waals surface area contributed by atoms with Crippen molar-refractivity contribution in [3.8, 4) is 0 Å². The van der Waals surface area contributed by atoms with Crippen LogP contribution in [0.4, 0.5) is 0 Å². The molecular weight excluding hydrogens is 228 g/mol. The quantitative estimate of drug-likeness (QED) is 0.756. The fraction of sp³-hybridized carbons (Fsp3) is 0.692. The molecule has 2 atom stereocenters. The maximum atomic E-state index is 12.1. The molecular formula is C13H22N4O. The van der Waals surface area contributed by atoms with Crippen LogP contribution < -0.4 is 10.6 Å². The summed E-state index contributed by atoms with van der Waals surface area (Å²) >= 11 is 0. The largest absolute Gasteiger partial charge is 0.346 e. The number of aromatic nitrogens is 2. The lowest BCUT2D eigenvalue weighted by atomic mass is 9.95. The van der Waals surface area contributed by atoms with Crippen molar-refractivity contribution in [2.75, 3.05) is 13.1 Å². The zero-order chi connectivity index (χ0) is 13.1. The van der Waals surface area contributed by atoms with E-state index in [1.807, 2.05) is 6.07 Å². The molecule has 0 saturated carbocycles. The molecule has 0 spiro atoms. The Hall–Kier alpha value is -1.36. The van der Waals surface area contributed by atoms with Crippen LogP contribution in [0.25, 0.3) is 0 Å². The van der Waals surface area contributed by atoms with Crippen LogP contribution in [-0.4, -0.2) is 35.2 Å². The first kappa shape index (κ1) is 13.1. The van der Waals surface area contributed by atoms with Crippen LogP contribution in [0.5, 0.6) is 0 Å². The molecule has 5 nitrogen and oxygen atoms in total. The summed E-state index contributed by atoms with van der Waals surface area (Å²) in [6.07, 6.45) is 1.10. The molecule has 2 rings (SSSR count). The van der Waals surface area contributed by atoms with Gasteiger partial charge in [0.25, 0.3) is 5.91 Å². The van der Waals surface area contributed by atoms with Crippen LogP contribution in [0, 0.1) is 5.92 Å². The Morgan fingerprint density at radius 1 is 1.56 bits per heavy atom. The van der Waals surface area contributed by atoms with Gasteiger partial charge in [0.1, 0.15) is 5.69 Å². The standard InChI is InChI=1S/C13H22N4O/c1-8(2)10-6-11(17-16-10)13(18)15-12-7-14-5-4-9(12)3/h6,8-9,12,14H,4-5,7H2,1-3H3,(H,15,18)(H,16,17). The van der Waals surface area contributed by atoms with Gasteiger partial charge in [0.2, 0.25) is 0 Å². The highest BCUT2D eigenvalue weighted by atomic mass is 16.2. The number of rotatable bonds is 3. The van der Waals surface area contributed by atoms with E-state index in [1.165, 1.54) is 0 Å². The van der Waals surface area contributed by atoms with Gasteiger partial charge in [0, 0.05) is 18.3 Å². The minimum atomic E-state index is -0.0845. The minimum Gasteiger partial charge on any atom is -0.346 e. The molecule has 1 saturated heterocycles. The van der Waals surface area contributed by atoms with Gasteiger partial charge in [0.15, 0.2) is 0 Å². The number of nitrogens with one attached hydrogen (secondary N) is 3. The van der Waals surface area contributed by atoms with Crippen molar-refractivity contribution >= 4 is 5.91 Å². The molecule has 5 heteroatoms. The zero-order valence-corrected chi connectivity index (χ0v) is 11.3. The summed E-state index contributed by atoms with van der Waals surface area (Å²) in [6.45, 7) is 8.20. The fourth-order valence-corrected chi connectivity index (χ4v) is 2.17. The van der Waals surface area contributed by atoms with Crippen molar-refractivity contribution in [3.63, 3.8) is 0 Å². The molecule has 3 N–H and O–H groups in total. The molecule has 1 fully saturated rings. The van der Waals surface area contributed by atoms with Gasteiger partial charge in [-0.1, -0.05) is 20.8 Å². The smallest absolute Gasteiger partial charge is 0.272 e. The monoisotopic (exact) mass is 250 g/mol. The first-order chi connectivity index (χ1) is 8.58. The number of carbonyl (C=O) groups excluding carboxylic acids is 1. The third-order valence-electron chi connectivity index (χ3n) is 3.60. The summed E-state index contributed by atoms with van der Waals surface area (Å²) < 4.78 is 0. The predicted octanol–water partition coefficient (Wildman–Crippen LogP) is 1.26. The SMILES string of the molecule is CC(C)c1cc(C(=O)NC2CNCCC2C)n[nH]1. The molecule has 0 aliphatic carbocycles. The zero-order valence-electron chi connectivity index (χ0n) is 11.3. The van der Waals surface area contributed by atoms with E-state index in [0.29, 0.717) is 17.5 Å². The Labute approximate surface area is 108 Å². The molecule has 2 heterocycles. The maximum Gasteiger partial charge on any atom is 0.272 e. The Balaban J connectivity index is 1.98. The predicted molar refractivity (Wildman–Crippen MR) is 70.6 cm³/mol. The van der Waals surface area contributed by atoms with Crippen LogP contribution in [0.15, 0.2) is 6.07 Å². The van der Waals surface area contributed by atoms with E-state index in [1.54, 1.807) is 0 Å². The Bertz CT molecular complexity index is 413. The van der Waals surface area contributed by atoms with E-state index in [2.05, 4.69) is 41.6 Å². The highest BCUT2D eigenvalue weighted by Crippen LogP contribution is 2.14. The highest BCUT2D eigenvalue weighted by Gasteiger charge is 2.24. The molecule has 0 bridgehead atoms. The van der Waals surface area contributed by atoms with E-state index in [9.17, 15) is 4.79 Å². The van der Waals surface area contributed by atoms with E-state index >= 15 is 0 Å². The third-order valence-corrected chi connectivity index (χ3v) is 3.60. The molecule has 1 amide bonds. The molecule has 1 aliphatic rings. The molecule has 18 heavy (non-hydrogen) atoms. The number of amides is 1. The lowest BCUT2D eigenvalue weighted by Crippen LogP contribution is -2.50. The Morgan fingerprint density at radius 2 is 2.33 bits per heavy atom. The number of carbonyl (C=O) groups is 1. The van der Waals surface area contributed by atoms with Crippen molar-refractivity contribution in [1.29, 1.82) is 0 Å². The fourth-order valence-electron chi connectivity index (χ4n) is 2.17. The van der Waals surface area contributed by atoms with Crippen molar-refractivity contribution in [1.82, 2.24) is 20.8 Å². The lowest BCUT2D eigenvalue weighted by molar-refractivity contribution is 0.0910. The number of hydrogen-bond acceptors (Lipinski definition) is 3. The van der Waals surface area contributed by atoms with Crippen LogP contribution in [0.3, 0.4) is 0 Å². The van der Waals surface area contributed by atoms with E-state index in [-0.39, 0.29) is 11.9 Å². The third kappa shape index (κ3) is 2.90. The summed E-state index contributed by atoms with van der Waals surface area (Å²) in [5.41, 5.74) is 1.48. The molecule has 100 valence electrons. The highest BCUT2D eigenvalue weighted by molar-refractivity contribution is 5.92. The van der Waals surface area contributed by atoms with Gasteiger partial charge in [-0.25, -0.2) is 0 Å². The molecule has 0 radical (unpaired) electrons. The first-order valence-electron chi connectivity index (χ1n) is 6.65. The van der Waals surface area contributed by atoms with Crippen molar-refractivity contribution in [3.05, 3.63) is 17.5 Å². The Morgan fingerprint density at radius 3 is 2.94 bits per heavy atom. The van der Waals surface area contributed by atoms with Crippen LogP contribution in [-0.2, 0) is 0 Å². The van der Waals surface area contributed by atoms with Crippen LogP contribution in [0.1, 0.15) is 49.3 Å². The number of aromatic amines is 1. The summed E-state index contributed by atoms with van der Waals surface area (Å²) in [4.78, 5) is 12.1. The summed E-state index contributed by atoms with van der Waals surface area (Å²) in [5, 5.41) is 13.3. The van der Waals surface area contributed by atoms with Gasteiger partial charge in [-0.15, -0.1) is 0 Å². The molecule has 2 unspecified atom stereocenters. The van der Waals surface area contributed by atoms with Gasteiger partial charge in [-0.2, -0.15) is 5.10 Å². The van der Waals surface area contributed by atoms with Gasteiger partial charge in [-0.05, 0) is 30.9 Å². The molecule has 1 aromatic rings. The second-order valence-electron chi connectivity index (χ2n) is 5.41. The number of nitrogens with zero attached hydrogens (tertiary/aromatic N) is 1. The van der Waals surface area contributed by atoms with Crippen molar-refractivity contribution in [2.45, 2.75) is 39.2 Å². The number of piperidine rings is 1. The maximum absolute atomic E-state index is 12.1. The van der Waals surface area contributed by atoms with Crippen LogP contribution >= 0.6 is 0 Å². The second-order valence-corrected chi connectivity index (χ2v) is 5.41. The first-order valence-corrected chi connectivity index (χ1v) is 6.65. The molecule has 0 aromatic carbocycles. The minimum absolute atomic E-state index is 0.0845. The van der Waals surface area contributed by atoms with Gasteiger partial charge < -0.3 is 10.6 Å². The van der Waals surface area contributed by atoms with E-state index < -0.39 is 0 Å². The topological polar surface area (TPSA) is 69.8 Å². The molecule has 1 aromatic heterocycles. The second kappa shape index (κ2) is 5.52. The number of hydrogen-bond donors (Lipinski definition) is 3. The van der Waals surface area contributed by atoms with E-state index in [4.69, 9.17) is 0 Å². The molecule has 1 aliphatic heterocycles. The lowest BCUT2D eigenvalue weighted by Gasteiger charge is -2.29.